The van der Waals surface area contributed by atoms with Crippen molar-refractivity contribution < 1.29 is 13.2 Å². The zero-order valence-electron chi connectivity index (χ0n) is 20.6. The molecule has 6 nitrogen and oxygen atoms in total. The summed E-state index contributed by atoms with van der Waals surface area (Å²) in [6.45, 7) is 1.62. The van der Waals surface area contributed by atoms with Gasteiger partial charge in [-0.15, -0.1) is 0 Å². The van der Waals surface area contributed by atoms with Gasteiger partial charge in [-0.1, -0.05) is 78.3 Å². The highest BCUT2D eigenvalue weighted by atomic mass is 35.5. The molecule has 0 aromatic heterocycles. The first-order valence-electron chi connectivity index (χ1n) is 12.8. The second-order valence-electron chi connectivity index (χ2n) is 9.96. The summed E-state index contributed by atoms with van der Waals surface area (Å²) < 4.78 is 28.7. The second kappa shape index (κ2) is 11.4. The molecule has 1 saturated carbocycles. The van der Waals surface area contributed by atoms with Crippen LogP contribution in [0.1, 0.15) is 36.3 Å². The fourth-order valence-corrected chi connectivity index (χ4v) is 6.70. The molecule has 194 valence electrons. The maximum absolute atomic E-state index is 13.9. The van der Waals surface area contributed by atoms with Gasteiger partial charge in [0.05, 0.1) is 10.8 Å². The minimum absolute atomic E-state index is 0.0700. The van der Waals surface area contributed by atoms with Crippen LogP contribution in [0.3, 0.4) is 0 Å². The summed E-state index contributed by atoms with van der Waals surface area (Å²) in [7, 11) is -3.75. The largest absolute Gasteiger partial charge is 0.338 e. The highest BCUT2D eigenvalue weighted by Gasteiger charge is 2.39. The standard InChI is InChI=1S/C29H32ClN3O3S/c30-24-12-7-13-27(17-24)37(35,36)32-25-16-23(18-31-19-25)29(34)33(26-14-15-26)20-28(21-8-3-1-4-9-21)22-10-5-2-6-11-22/h1-13,17,23,25-26,28,31-32H,14-16,18-20H2/t23-,25?/m0/s1. The third-order valence-corrected chi connectivity index (χ3v) is 8.94. The molecule has 1 aliphatic heterocycles. The molecular formula is C29H32ClN3O3S. The maximum Gasteiger partial charge on any atom is 0.240 e. The Kier molecular flexibility index (Phi) is 7.95. The Morgan fingerprint density at radius 2 is 1.59 bits per heavy atom. The molecule has 1 heterocycles. The molecule has 3 aromatic carbocycles. The summed E-state index contributed by atoms with van der Waals surface area (Å²) in [5.41, 5.74) is 2.36. The van der Waals surface area contributed by atoms with Gasteiger partial charge in [-0.25, -0.2) is 13.1 Å². The van der Waals surface area contributed by atoms with Crippen LogP contribution in [0, 0.1) is 5.92 Å². The first-order valence-corrected chi connectivity index (χ1v) is 14.7. The number of carbonyl (C=O) groups is 1. The van der Waals surface area contributed by atoms with E-state index in [0.717, 1.165) is 12.8 Å². The molecule has 0 radical (unpaired) electrons. The van der Waals surface area contributed by atoms with Crippen LogP contribution in [-0.2, 0) is 14.8 Å². The van der Waals surface area contributed by atoms with Crippen LogP contribution in [0.4, 0.5) is 0 Å². The molecule has 2 atom stereocenters. The van der Waals surface area contributed by atoms with Gasteiger partial charge in [0.25, 0.3) is 0 Å². The molecule has 1 aliphatic carbocycles. The van der Waals surface area contributed by atoms with Crippen molar-refractivity contribution in [1.29, 1.82) is 0 Å². The smallest absolute Gasteiger partial charge is 0.240 e. The lowest BCUT2D eigenvalue weighted by Gasteiger charge is -2.35. The van der Waals surface area contributed by atoms with E-state index in [1.165, 1.54) is 23.3 Å². The van der Waals surface area contributed by atoms with Gasteiger partial charge >= 0.3 is 0 Å². The van der Waals surface area contributed by atoms with E-state index in [1.807, 2.05) is 41.3 Å². The number of nitrogens with zero attached hydrogens (tertiary/aromatic N) is 1. The molecular weight excluding hydrogens is 506 g/mol. The molecule has 0 spiro atoms. The number of hydrogen-bond donors (Lipinski definition) is 2. The van der Waals surface area contributed by atoms with Gasteiger partial charge in [0.15, 0.2) is 0 Å². The first kappa shape index (κ1) is 25.9. The van der Waals surface area contributed by atoms with Crippen molar-refractivity contribution in [2.45, 2.75) is 42.2 Å². The first-order chi connectivity index (χ1) is 17.9. The Morgan fingerprint density at radius 3 is 2.19 bits per heavy atom. The van der Waals surface area contributed by atoms with Gasteiger partial charge in [0, 0.05) is 42.7 Å². The van der Waals surface area contributed by atoms with E-state index in [-0.39, 0.29) is 34.7 Å². The number of piperidine rings is 1. The Balaban J connectivity index is 1.32. The monoisotopic (exact) mass is 537 g/mol. The molecule has 8 heteroatoms. The average Bonchev–Trinajstić information content (AvgIpc) is 3.75. The lowest BCUT2D eigenvalue weighted by Crippen LogP contribution is -2.53. The summed E-state index contributed by atoms with van der Waals surface area (Å²) in [5.74, 6) is -0.132. The topological polar surface area (TPSA) is 78.5 Å². The van der Waals surface area contributed by atoms with Crippen molar-refractivity contribution in [2.24, 2.45) is 5.92 Å². The zero-order valence-corrected chi connectivity index (χ0v) is 22.2. The number of nitrogens with one attached hydrogen (secondary N) is 2. The van der Waals surface area contributed by atoms with Crippen LogP contribution in [0.5, 0.6) is 0 Å². The Bertz CT molecular complexity index is 1280. The van der Waals surface area contributed by atoms with Crippen LogP contribution >= 0.6 is 11.6 Å². The molecule has 2 aliphatic rings. The molecule has 2 fully saturated rings. The fraction of sp³-hybridized carbons (Fsp3) is 0.345. The molecule has 1 amide bonds. The molecule has 5 rings (SSSR count). The minimum Gasteiger partial charge on any atom is -0.338 e. The normalized spacial score (nSPS) is 20.1. The summed E-state index contributed by atoms with van der Waals surface area (Å²) >= 11 is 6.00. The van der Waals surface area contributed by atoms with Crippen molar-refractivity contribution in [3.05, 3.63) is 101 Å². The number of hydrogen-bond acceptors (Lipinski definition) is 4. The molecule has 3 aromatic rings. The maximum atomic E-state index is 13.9. The van der Waals surface area contributed by atoms with Gasteiger partial charge < -0.3 is 10.2 Å². The summed E-state index contributed by atoms with van der Waals surface area (Å²) in [5, 5.41) is 3.65. The number of sulfonamides is 1. The highest BCUT2D eigenvalue weighted by Crippen LogP contribution is 2.34. The molecule has 1 unspecified atom stereocenters. The van der Waals surface area contributed by atoms with Gasteiger partial charge in [-0.05, 0) is 48.6 Å². The van der Waals surface area contributed by atoms with E-state index >= 15 is 0 Å². The van der Waals surface area contributed by atoms with Crippen LogP contribution in [-0.4, -0.2) is 50.9 Å². The molecule has 1 saturated heterocycles. The van der Waals surface area contributed by atoms with Crippen LogP contribution in [0.25, 0.3) is 0 Å². The Labute approximate surface area is 224 Å². The van der Waals surface area contributed by atoms with Crippen LogP contribution < -0.4 is 10.0 Å². The van der Waals surface area contributed by atoms with Gasteiger partial charge in [0.1, 0.15) is 0 Å². The quantitative estimate of drug-likeness (QED) is 0.423. The van der Waals surface area contributed by atoms with E-state index in [1.54, 1.807) is 12.1 Å². The third kappa shape index (κ3) is 6.41. The Hall–Kier alpha value is -2.71. The number of halogens is 1. The predicted molar refractivity (Wildman–Crippen MR) is 146 cm³/mol. The van der Waals surface area contributed by atoms with E-state index in [2.05, 4.69) is 34.3 Å². The van der Waals surface area contributed by atoms with Crippen molar-refractivity contribution in [3.63, 3.8) is 0 Å². The lowest BCUT2D eigenvalue weighted by atomic mass is 9.89. The predicted octanol–water partition coefficient (Wildman–Crippen LogP) is 4.42. The van der Waals surface area contributed by atoms with E-state index in [4.69, 9.17) is 11.6 Å². The fourth-order valence-electron chi connectivity index (χ4n) is 5.15. The lowest BCUT2D eigenvalue weighted by molar-refractivity contribution is -0.137. The number of rotatable bonds is 9. The van der Waals surface area contributed by atoms with E-state index in [0.29, 0.717) is 31.1 Å². The van der Waals surface area contributed by atoms with Crippen molar-refractivity contribution in [2.75, 3.05) is 19.6 Å². The van der Waals surface area contributed by atoms with Crippen molar-refractivity contribution >= 4 is 27.5 Å². The van der Waals surface area contributed by atoms with Crippen molar-refractivity contribution in [1.82, 2.24) is 14.9 Å². The zero-order chi connectivity index (χ0) is 25.8. The average molecular weight is 538 g/mol. The van der Waals surface area contributed by atoms with E-state index < -0.39 is 10.0 Å². The summed E-state index contributed by atoms with van der Waals surface area (Å²) in [6.07, 6.45) is 2.47. The number of benzene rings is 3. The highest BCUT2D eigenvalue weighted by molar-refractivity contribution is 7.89. The third-order valence-electron chi connectivity index (χ3n) is 7.18. The van der Waals surface area contributed by atoms with Gasteiger partial charge in [-0.2, -0.15) is 0 Å². The number of carbonyl (C=O) groups excluding carboxylic acids is 1. The summed E-state index contributed by atoms with van der Waals surface area (Å²) in [4.78, 5) is 16.1. The second-order valence-corrected chi connectivity index (χ2v) is 12.1. The molecule has 2 N–H and O–H groups in total. The SMILES string of the molecule is O=C([C@@H]1CNCC(NS(=O)(=O)c2cccc(Cl)c2)C1)N(CC(c1ccccc1)c1ccccc1)C1CC1. The molecule has 37 heavy (non-hydrogen) atoms. The minimum atomic E-state index is -3.75. The van der Waals surface area contributed by atoms with E-state index in [9.17, 15) is 13.2 Å². The van der Waals surface area contributed by atoms with Gasteiger partial charge in [0.2, 0.25) is 15.9 Å². The van der Waals surface area contributed by atoms with Crippen molar-refractivity contribution in [3.8, 4) is 0 Å². The van der Waals surface area contributed by atoms with Crippen LogP contribution in [0.2, 0.25) is 5.02 Å². The van der Waals surface area contributed by atoms with Gasteiger partial charge in [-0.3, -0.25) is 4.79 Å². The Morgan fingerprint density at radius 1 is 0.946 bits per heavy atom. The molecule has 0 bridgehead atoms. The van der Waals surface area contributed by atoms with Crippen LogP contribution in [0.15, 0.2) is 89.8 Å². The number of amides is 1. The summed E-state index contributed by atoms with van der Waals surface area (Å²) in [6, 6.07) is 26.7.